The molecular formula is C37H82N6O9. The van der Waals surface area contributed by atoms with Crippen LogP contribution < -0.4 is 16.4 Å². The van der Waals surface area contributed by atoms with Gasteiger partial charge in [-0.2, -0.15) is 0 Å². The highest BCUT2D eigenvalue weighted by atomic mass is 16.6. The van der Waals surface area contributed by atoms with E-state index in [-0.39, 0.29) is 10.2 Å². The van der Waals surface area contributed by atoms with Gasteiger partial charge in [-0.3, -0.25) is 4.79 Å². The number of likely N-dealkylation sites (tertiary alicyclic amines) is 3. The SMILES string of the molecule is CC(=O)NCCOCCOCCN1CCCC1.CC(C)(C)OC(=O)NCCOCCOCCN1CCCC1.NCCOCCOCCN1CCCC1.[3HH].[3HH].[3HH]. The first-order chi connectivity index (χ1) is 25.2. The van der Waals surface area contributed by atoms with Crippen molar-refractivity contribution in [3.05, 3.63) is 0 Å². The smallest absolute Gasteiger partial charge is 0.407 e. The van der Waals surface area contributed by atoms with Crippen LogP contribution >= 0.6 is 0 Å². The van der Waals surface area contributed by atoms with Gasteiger partial charge in [-0.1, -0.05) is 0 Å². The molecule has 3 aliphatic rings. The number of nitrogens with zero attached hydrogens (tertiary/aromatic N) is 3. The zero-order valence-electron chi connectivity index (χ0n) is 33.3. The van der Waals surface area contributed by atoms with Gasteiger partial charge in [0.25, 0.3) is 0 Å². The van der Waals surface area contributed by atoms with Crippen molar-refractivity contribution in [2.75, 3.05) is 158 Å². The lowest BCUT2D eigenvalue weighted by molar-refractivity contribution is -0.119. The Hall–Kier alpha value is -1.66. The fraction of sp³-hybridized carbons (Fsp3) is 0.946. The molecule has 0 aromatic rings. The molecule has 0 aromatic carbocycles. The maximum atomic E-state index is 11.3. The van der Waals surface area contributed by atoms with Gasteiger partial charge >= 0.3 is 6.09 Å². The van der Waals surface area contributed by atoms with E-state index < -0.39 is 11.7 Å². The van der Waals surface area contributed by atoms with Crippen LogP contribution in [-0.2, 0) is 38.0 Å². The van der Waals surface area contributed by atoms with Crippen LogP contribution in [0.5, 0.6) is 0 Å². The second-order valence-electron chi connectivity index (χ2n) is 14.0. The predicted molar refractivity (Wildman–Crippen MR) is 210 cm³/mol. The van der Waals surface area contributed by atoms with E-state index in [2.05, 4.69) is 25.3 Å². The monoisotopic (exact) mass is 761 g/mol. The molecule has 0 unspecified atom stereocenters. The zero-order valence-corrected chi connectivity index (χ0v) is 33.3. The number of hydrogen-bond donors (Lipinski definition) is 3. The molecule has 52 heavy (non-hydrogen) atoms. The Morgan fingerprint density at radius 1 is 0.538 bits per heavy atom. The van der Waals surface area contributed by atoms with E-state index in [1.165, 1.54) is 84.7 Å². The molecule has 3 heterocycles. The Labute approximate surface area is 319 Å². The molecule has 15 heteroatoms. The van der Waals surface area contributed by atoms with Gasteiger partial charge in [-0.15, -0.1) is 0 Å². The first kappa shape index (κ1) is 48.4. The van der Waals surface area contributed by atoms with E-state index in [0.29, 0.717) is 79.1 Å². The van der Waals surface area contributed by atoms with Gasteiger partial charge in [0, 0.05) is 50.5 Å². The molecule has 3 aliphatic heterocycles. The average molecular weight is 761 g/mol. The van der Waals surface area contributed by atoms with E-state index in [1.54, 1.807) is 0 Å². The summed E-state index contributed by atoms with van der Waals surface area (Å²) in [7, 11) is 0. The Morgan fingerprint density at radius 3 is 1.19 bits per heavy atom. The van der Waals surface area contributed by atoms with Crippen LogP contribution in [-0.4, -0.2) is 190 Å². The highest BCUT2D eigenvalue weighted by Crippen LogP contribution is 2.08. The van der Waals surface area contributed by atoms with Crippen LogP contribution in [0.3, 0.4) is 0 Å². The summed E-state index contributed by atoms with van der Waals surface area (Å²) in [5, 5.41) is 5.32. The highest BCUT2D eigenvalue weighted by molar-refractivity contribution is 5.72. The first-order valence-corrected chi connectivity index (χ1v) is 19.7. The van der Waals surface area contributed by atoms with Crippen molar-refractivity contribution in [1.29, 1.82) is 0 Å². The normalized spacial score (nSPS) is 16.6. The molecule has 3 rings (SSSR count). The summed E-state index contributed by atoms with van der Waals surface area (Å²) < 4.78 is 37.4. The van der Waals surface area contributed by atoms with E-state index in [4.69, 9.17) is 38.9 Å². The number of carbonyl (C=O) groups excluding carboxylic acids is 2. The molecule has 4 N–H and O–H groups in total. The summed E-state index contributed by atoms with van der Waals surface area (Å²) in [6, 6.07) is 0. The largest absolute Gasteiger partial charge is 0.444 e. The standard InChI is InChI=1S/C15H30N2O4.C12H24N2O3.C10H22N2O2.3H2/c1-15(2,3)21-14(18)16-6-10-19-12-13-20-11-9-17-7-4-5-8-17;1-12(15)13-4-8-16-10-11-17-9-7-14-5-2-3-6-14;11-3-7-13-9-10-14-8-6-12-4-1-2-5-12;;;/h4-13H2,1-3H3,(H,16,18);2-11H2,1H3,(H,13,15);1-11H2;3*1H/i;;;3*1+2. The third-order valence-electron chi connectivity index (χ3n) is 8.16. The van der Waals surface area contributed by atoms with Gasteiger partial charge in [-0.25, -0.2) is 4.79 Å². The molecule has 0 bridgehead atoms. The molecule has 3 saturated heterocycles. The second-order valence-corrected chi connectivity index (χ2v) is 14.0. The van der Waals surface area contributed by atoms with Crippen LogP contribution in [0.4, 0.5) is 4.79 Å². The lowest BCUT2D eigenvalue weighted by Gasteiger charge is -2.19. The van der Waals surface area contributed by atoms with Crippen molar-refractivity contribution in [3.8, 4) is 0 Å². The predicted octanol–water partition coefficient (Wildman–Crippen LogP) is 2.70. The van der Waals surface area contributed by atoms with Crippen LogP contribution in [0.2, 0.25) is 0 Å². The topological polar surface area (TPSA) is 159 Å². The Bertz CT molecular complexity index is 839. The summed E-state index contributed by atoms with van der Waals surface area (Å²) >= 11 is 0. The maximum Gasteiger partial charge on any atom is 0.407 e. The summed E-state index contributed by atoms with van der Waals surface area (Å²) in [5.41, 5.74) is 4.82. The Kier molecular flexibility index (Phi) is 31.5. The van der Waals surface area contributed by atoms with E-state index in [1.807, 2.05) is 20.8 Å². The fourth-order valence-corrected chi connectivity index (χ4v) is 5.49. The molecular weight excluding hydrogens is 672 g/mol. The molecule has 3 fully saturated rings. The number of nitrogens with one attached hydrogen (secondary N) is 2. The van der Waals surface area contributed by atoms with Gasteiger partial charge in [0.2, 0.25) is 5.91 Å². The molecule has 15 nitrogen and oxygen atoms in total. The molecule has 0 radical (unpaired) electrons. The molecule has 2 amide bonds. The molecule has 314 valence electrons. The van der Waals surface area contributed by atoms with E-state index >= 15 is 0 Å². The minimum Gasteiger partial charge on any atom is -0.444 e. The molecule has 0 atom stereocenters. The van der Waals surface area contributed by atoms with E-state index in [9.17, 15) is 9.59 Å². The van der Waals surface area contributed by atoms with Crippen LogP contribution in [0.1, 0.15) is 70.5 Å². The van der Waals surface area contributed by atoms with Crippen molar-refractivity contribution >= 4 is 12.0 Å². The first-order valence-electron chi connectivity index (χ1n) is 19.7. The quantitative estimate of drug-likeness (QED) is 0.111. The van der Waals surface area contributed by atoms with Gasteiger partial charge in [0.1, 0.15) is 5.60 Å². The van der Waals surface area contributed by atoms with Crippen molar-refractivity contribution < 1.29 is 47.0 Å². The minimum absolute atomic E-state index is 0. The number of alkyl carbamates (subject to hydrolysis) is 1. The van der Waals surface area contributed by atoms with Gasteiger partial charge in [0.15, 0.2) is 0 Å². The van der Waals surface area contributed by atoms with Gasteiger partial charge in [0.05, 0.1) is 79.3 Å². The molecule has 0 aliphatic carbocycles. The van der Waals surface area contributed by atoms with Crippen LogP contribution in [0, 0.1) is 0 Å². The number of amides is 2. The summed E-state index contributed by atoms with van der Waals surface area (Å²) in [6.07, 6.45) is 7.56. The number of ether oxygens (including phenoxy) is 7. The maximum absolute atomic E-state index is 11.3. The lowest BCUT2D eigenvalue weighted by atomic mass is 10.2. The Balaban J connectivity index is -0.000000731. The van der Waals surface area contributed by atoms with Crippen molar-refractivity contribution in [1.82, 2.24) is 25.3 Å². The fourth-order valence-electron chi connectivity index (χ4n) is 5.49. The van der Waals surface area contributed by atoms with Gasteiger partial charge < -0.3 is 64.2 Å². The molecule has 0 saturated carbocycles. The molecule has 0 spiro atoms. The summed E-state index contributed by atoms with van der Waals surface area (Å²) in [6.45, 7) is 26.8. The van der Waals surface area contributed by atoms with Crippen molar-refractivity contribution in [3.63, 3.8) is 0 Å². The second kappa shape index (κ2) is 33.9. The van der Waals surface area contributed by atoms with E-state index in [0.717, 1.165) is 39.5 Å². The number of rotatable bonds is 26. The van der Waals surface area contributed by atoms with Crippen molar-refractivity contribution in [2.24, 2.45) is 5.73 Å². The molecule has 0 aromatic heterocycles. The summed E-state index contributed by atoms with van der Waals surface area (Å²) in [5.74, 6) is -0.0181. The van der Waals surface area contributed by atoms with Crippen molar-refractivity contribution in [2.45, 2.75) is 71.8 Å². The highest BCUT2D eigenvalue weighted by Gasteiger charge is 2.15. The summed E-state index contributed by atoms with van der Waals surface area (Å²) in [4.78, 5) is 29.2. The minimum atomic E-state index is -0.464. The zero-order chi connectivity index (χ0) is 38.0. The third kappa shape index (κ3) is 32.9. The third-order valence-corrected chi connectivity index (χ3v) is 8.16. The average Bonchev–Trinajstić information content (AvgIpc) is 3.91. The number of carbonyl (C=O) groups is 2. The Morgan fingerprint density at radius 2 is 0.865 bits per heavy atom. The van der Waals surface area contributed by atoms with Crippen LogP contribution in [0.15, 0.2) is 0 Å². The number of nitrogens with two attached hydrogens (primary N) is 1. The van der Waals surface area contributed by atoms with Gasteiger partial charge in [-0.05, 0) is 98.6 Å². The lowest BCUT2D eigenvalue weighted by Crippen LogP contribution is -2.34. The number of hydrogen-bond acceptors (Lipinski definition) is 13. The van der Waals surface area contributed by atoms with Crippen LogP contribution in [0.25, 0.3) is 0 Å².